The maximum Gasteiger partial charge on any atom is 0.237 e. The molecular weight excluding hydrogens is 291 g/mol. The number of anilines is 1. The molecule has 2 rings (SSSR count). The molecule has 0 fully saturated rings. The summed E-state index contributed by atoms with van der Waals surface area (Å²) in [6.45, 7) is 0. The van der Waals surface area contributed by atoms with Crippen molar-refractivity contribution in [3.63, 3.8) is 0 Å². The minimum Gasteiger partial charge on any atom is -0.324 e. The molecule has 0 aliphatic rings. The van der Waals surface area contributed by atoms with E-state index in [9.17, 15) is 13.4 Å². The fraction of sp³-hybridized carbons (Fsp3) is 0.0667. The fourth-order valence-corrected chi connectivity index (χ4v) is 2.64. The van der Waals surface area contributed by atoms with Crippen LogP contribution in [0.2, 0.25) is 0 Å². The van der Waals surface area contributed by atoms with Gasteiger partial charge in [0.15, 0.2) is 0 Å². The van der Waals surface area contributed by atoms with E-state index in [1.165, 1.54) is 18.2 Å². The number of hydrogen-bond donors (Lipinski definition) is 1. The van der Waals surface area contributed by atoms with Gasteiger partial charge in [0.1, 0.15) is 17.6 Å². The predicted octanol–water partition coefficient (Wildman–Crippen LogP) is 2.44. The van der Waals surface area contributed by atoms with Crippen LogP contribution in [-0.2, 0) is 15.6 Å². The third-order valence-corrected chi connectivity index (χ3v) is 3.95. The Balaban J connectivity index is 2.05. The van der Waals surface area contributed by atoms with Crippen LogP contribution in [-0.4, -0.2) is 15.9 Å². The van der Waals surface area contributed by atoms with E-state index in [1.807, 2.05) is 6.07 Å². The van der Waals surface area contributed by atoms with Gasteiger partial charge >= 0.3 is 0 Å². The Kier molecular flexibility index (Phi) is 4.80. The standard InChI is InChI=1S/C15H11FN2O2S/c16-12-5-3-6-13(8-12)21(20)10-15(19)18-14-7-2-1-4-11(14)9-17/h1-8H,10H2,(H,18,19). The minimum absolute atomic E-state index is 0.249. The number of nitrogens with zero attached hydrogens (tertiary/aromatic N) is 1. The first-order valence-corrected chi connectivity index (χ1v) is 7.35. The lowest BCUT2D eigenvalue weighted by Gasteiger charge is -2.07. The molecule has 1 atom stereocenters. The third-order valence-electron chi connectivity index (χ3n) is 2.64. The first-order valence-electron chi connectivity index (χ1n) is 6.03. The van der Waals surface area contributed by atoms with Gasteiger partial charge in [-0.3, -0.25) is 9.00 Å². The highest BCUT2D eigenvalue weighted by molar-refractivity contribution is 7.85. The van der Waals surface area contributed by atoms with E-state index in [2.05, 4.69) is 5.32 Å². The number of carbonyl (C=O) groups excluding carboxylic acids is 1. The van der Waals surface area contributed by atoms with Gasteiger partial charge in [0.05, 0.1) is 22.1 Å². The maximum absolute atomic E-state index is 13.0. The van der Waals surface area contributed by atoms with E-state index in [4.69, 9.17) is 5.26 Å². The highest BCUT2D eigenvalue weighted by Gasteiger charge is 2.12. The van der Waals surface area contributed by atoms with Gasteiger partial charge in [-0.25, -0.2) is 4.39 Å². The number of hydrogen-bond acceptors (Lipinski definition) is 3. The Labute approximate surface area is 123 Å². The molecule has 2 aromatic carbocycles. The minimum atomic E-state index is -1.64. The monoisotopic (exact) mass is 302 g/mol. The molecule has 106 valence electrons. The van der Waals surface area contributed by atoms with Crippen molar-refractivity contribution >= 4 is 22.4 Å². The summed E-state index contributed by atoms with van der Waals surface area (Å²) in [7, 11) is -1.64. The Bertz CT molecular complexity index is 740. The molecular formula is C15H11FN2O2S. The second kappa shape index (κ2) is 6.77. The molecule has 1 unspecified atom stereocenters. The van der Waals surface area contributed by atoms with Crippen LogP contribution in [0, 0.1) is 17.1 Å². The number of carbonyl (C=O) groups is 1. The summed E-state index contributed by atoms with van der Waals surface area (Å²) >= 11 is 0. The molecule has 6 heteroatoms. The Morgan fingerprint density at radius 1 is 1.24 bits per heavy atom. The van der Waals surface area contributed by atoms with Crippen molar-refractivity contribution in [3.05, 3.63) is 59.9 Å². The second-order valence-corrected chi connectivity index (χ2v) is 5.60. The summed E-state index contributed by atoms with van der Waals surface area (Å²) in [4.78, 5) is 12.1. The van der Waals surface area contributed by atoms with Crippen LogP contribution < -0.4 is 5.32 Å². The van der Waals surface area contributed by atoms with E-state index < -0.39 is 22.5 Å². The average molecular weight is 302 g/mol. The Morgan fingerprint density at radius 2 is 2.00 bits per heavy atom. The van der Waals surface area contributed by atoms with Crippen molar-refractivity contribution in [3.8, 4) is 6.07 Å². The topological polar surface area (TPSA) is 70.0 Å². The molecule has 0 saturated carbocycles. The quantitative estimate of drug-likeness (QED) is 0.943. The van der Waals surface area contributed by atoms with E-state index in [0.717, 1.165) is 6.07 Å². The molecule has 0 saturated heterocycles. The highest BCUT2D eigenvalue weighted by atomic mass is 32.2. The van der Waals surface area contributed by atoms with Crippen LogP contribution in [0.5, 0.6) is 0 Å². The zero-order valence-corrected chi connectivity index (χ0v) is 11.7. The van der Waals surface area contributed by atoms with Crippen LogP contribution >= 0.6 is 0 Å². The molecule has 2 aromatic rings. The fourth-order valence-electron chi connectivity index (χ4n) is 1.69. The maximum atomic E-state index is 13.0. The van der Waals surface area contributed by atoms with Gasteiger partial charge in [-0.05, 0) is 30.3 Å². The Morgan fingerprint density at radius 3 is 2.71 bits per heavy atom. The molecule has 0 aromatic heterocycles. The molecule has 0 spiro atoms. The predicted molar refractivity (Wildman–Crippen MR) is 77.5 cm³/mol. The molecule has 4 nitrogen and oxygen atoms in total. The molecule has 0 aliphatic heterocycles. The van der Waals surface area contributed by atoms with Crippen molar-refractivity contribution in [1.82, 2.24) is 0 Å². The van der Waals surface area contributed by atoms with E-state index in [0.29, 0.717) is 11.3 Å². The molecule has 0 heterocycles. The highest BCUT2D eigenvalue weighted by Crippen LogP contribution is 2.14. The SMILES string of the molecule is N#Cc1ccccc1NC(=O)CS(=O)c1cccc(F)c1. The first-order chi connectivity index (χ1) is 10.1. The van der Waals surface area contributed by atoms with Crippen molar-refractivity contribution in [2.45, 2.75) is 4.90 Å². The summed E-state index contributed by atoms with van der Waals surface area (Å²) in [5.41, 5.74) is 0.684. The van der Waals surface area contributed by atoms with Gasteiger partial charge < -0.3 is 5.32 Å². The van der Waals surface area contributed by atoms with Gasteiger partial charge in [-0.1, -0.05) is 18.2 Å². The van der Waals surface area contributed by atoms with E-state index in [1.54, 1.807) is 24.3 Å². The first kappa shape index (κ1) is 14.9. The van der Waals surface area contributed by atoms with Gasteiger partial charge in [0.25, 0.3) is 0 Å². The number of nitrogens with one attached hydrogen (secondary N) is 1. The zero-order chi connectivity index (χ0) is 15.2. The summed E-state index contributed by atoms with van der Waals surface area (Å²) in [6, 6.07) is 13.8. The van der Waals surface area contributed by atoms with Gasteiger partial charge in [-0.2, -0.15) is 5.26 Å². The van der Waals surface area contributed by atoms with Crippen LogP contribution in [0.4, 0.5) is 10.1 Å². The lowest BCUT2D eigenvalue weighted by molar-refractivity contribution is -0.113. The van der Waals surface area contributed by atoms with Crippen molar-refractivity contribution in [2.75, 3.05) is 11.1 Å². The number of nitriles is 1. The molecule has 1 amide bonds. The van der Waals surface area contributed by atoms with Crippen LogP contribution in [0.3, 0.4) is 0 Å². The normalized spacial score (nSPS) is 11.4. The number of rotatable bonds is 4. The molecule has 21 heavy (non-hydrogen) atoms. The molecule has 0 radical (unpaired) electrons. The van der Waals surface area contributed by atoms with Crippen LogP contribution in [0.15, 0.2) is 53.4 Å². The van der Waals surface area contributed by atoms with Crippen LogP contribution in [0.25, 0.3) is 0 Å². The lowest BCUT2D eigenvalue weighted by Crippen LogP contribution is -2.20. The van der Waals surface area contributed by atoms with Gasteiger partial charge in [0, 0.05) is 4.90 Å². The molecule has 0 aliphatic carbocycles. The smallest absolute Gasteiger partial charge is 0.237 e. The lowest BCUT2D eigenvalue weighted by atomic mass is 10.2. The molecule has 0 bridgehead atoms. The van der Waals surface area contributed by atoms with E-state index in [-0.39, 0.29) is 10.6 Å². The van der Waals surface area contributed by atoms with Crippen molar-refractivity contribution < 1.29 is 13.4 Å². The summed E-state index contributed by atoms with van der Waals surface area (Å²) in [6.07, 6.45) is 0. The average Bonchev–Trinajstić information content (AvgIpc) is 2.47. The van der Waals surface area contributed by atoms with E-state index >= 15 is 0 Å². The van der Waals surface area contributed by atoms with Crippen molar-refractivity contribution in [2.24, 2.45) is 0 Å². The largest absolute Gasteiger partial charge is 0.324 e. The third kappa shape index (κ3) is 3.97. The number of halogens is 1. The summed E-state index contributed by atoms with van der Waals surface area (Å²) < 4.78 is 25.0. The summed E-state index contributed by atoms with van der Waals surface area (Å²) in [5, 5.41) is 11.4. The Hall–Kier alpha value is -2.52. The second-order valence-electron chi connectivity index (χ2n) is 4.15. The van der Waals surface area contributed by atoms with Gasteiger partial charge in [0.2, 0.25) is 5.91 Å². The number of amides is 1. The summed E-state index contributed by atoms with van der Waals surface area (Å²) in [5.74, 6) is -1.31. The molecule has 1 N–H and O–H groups in total. The number of benzene rings is 2. The van der Waals surface area contributed by atoms with Gasteiger partial charge in [-0.15, -0.1) is 0 Å². The van der Waals surface area contributed by atoms with Crippen molar-refractivity contribution in [1.29, 1.82) is 5.26 Å². The van der Waals surface area contributed by atoms with Crippen LogP contribution in [0.1, 0.15) is 5.56 Å². The zero-order valence-electron chi connectivity index (χ0n) is 10.9. The number of para-hydroxylation sites is 1.